The number of carbonyl (C=O) groups is 3. The minimum absolute atomic E-state index is 0.0468. The van der Waals surface area contributed by atoms with Crippen LogP contribution in [-0.2, 0) is 11.2 Å². The molecule has 7 nitrogen and oxygen atoms in total. The number of aromatic nitrogens is 1. The van der Waals surface area contributed by atoms with E-state index in [9.17, 15) is 14.4 Å². The van der Waals surface area contributed by atoms with Gasteiger partial charge in [0.25, 0.3) is 0 Å². The third-order valence-electron chi connectivity index (χ3n) is 4.93. The predicted molar refractivity (Wildman–Crippen MR) is 115 cm³/mol. The van der Waals surface area contributed by atoms with Crippen LogP contribution in [0.5, 0.6) is 0 Å². The minimum Gasteiger partial charge on any atom is -0.356 e. The highest BCUT2D eigenvalue weighted by Crippen LogP contribution is 2.31. The van der Waals surface area contributed by atoms with Crippen molar-refractivity contribution in [2.24, 2.45) is 5.92 Å². The maximum Gasteiger partial charge on any atom is 0.325 e. The minimum atomic E-state index is -0.433. The van der Waals surface area contributed by atoms with Crippen LogP contribution in [0.1, 0.15) is 53.4 Å². The Kier molecular flexibility index (Phi) is 6.98. The lowest BCUT2D eigenvalue weighted by Crippen LogP contribution is -2.22. The standard InChI is InChI=1S/C21H26N4O3S/c1-13-7-8-18(17(11-13)19(27)15-5-3-4-6-15)24-20(28)25-21-23-12-16(29-21)9-10-22-14(2)26/h7-8,11-12,15H,3-6,9-10H2,1-2H3,(H,22,26)(H2,23,24,25,28). The van der Waals surface area contributed by atoms with Gasteiger partial charge < -0.3 is 10.6 Å². The summed E-state index contributed by atoms with van der Waals surface area (Å²) in [6.07, 6.45) is 6.33. The van der Waals surface area contributed by atoms with Gasteiger partial charge in [0.15, 0.2) is 10.9 Å². The summed E-state index contributed by atoms with van der Waals surface area (Å²) in [5, 5.41) is 8.71. The molecule has 1 aliphatic carbocycles. The molecule has 3 rings (SSSR count). The molecule has 1 saturated carbocycles. The molecule has 1 fully saturated rings. The highest BCUT2D eigenvalue weighted by atomic mass is 32.1. The van der Waals surface area contributed by atoms with Gasteiger partial charge in [-0.25, -0.2) is 9.78 Å². The fraction of sp³-hybridized carbons (Fsp3) is 0.429. The van der Waals surface area contributed by atoms with Gasteiger partial charge in [0, 0.05) is 42.4 Å². The lowest BCUT2D eigenvalue weighted by atomic mass is 9.94. The van der Waals surface area contributed by atoms with Gasteiger partial charge in [-0.3, -0.25) is 14.9 Å². The highest BCUT2D eigenvalue weighted by Gasteiger charge is 2.26. The average molecular weight is 415 g/mol. The summed E-state index contributed by atoms with van der Waals surface area (Å²) >= 11 is 1.36. The van der Waals surface area contributed by atoms with Crippen molar-refractivity contribution in [3.8, 4) is 0 Å². The first kappa shape index (κ1) is 21.0. The largest absolute Gasteiger partial charge is 0.356 e. The van der Waals surface area contributed by atoms with Gasteiger partial charge in [-0.05, 0) is 31.9 Å². The molecule has 1 aromatic heterocycles. The first-order chi connectivity index (χ1) is 13.9. The zero-order chi connectivity index (χ0) is 20.8. The van der Waals surface area contributed by atoms with Gasteiger partial charge >= 0.3 is 6.03 Å². The van der Waals surface area contributed by atoms with E-state index < -0.39 is 6.03 Å². The predicted octanol–water partition coefficient (Wildman–Crippen LogP) is 4.15. The number of carbonyl (C=O) groups excluding carboxylic acids is 3. The van der Waals surface area contributed by atoms with E-state index in [1.807, 2.05) is 19.1 Å². The number of rotatable bonds is 7. The van der Waals surface area contributed by atoms with Crippen molar-refractivity contribution in [1.29, 1.82) is 0 Å². The SMILES string of the molecule is CC(=O)NCCc1cnc(NC(=O)Nc2ccc(C)cc2C(=O)C2CCCC2)s1. The molecule has 0 radical (unpaired) electrons. The van der Waals surface area contributed by atoms with Gasteiger partial charge in [-0.1, -0.05) is 24.5 Å². The molecule has 8 heteroatoms. The second kappa shape index (κ2) is 9.65. The fourth-order valence-electron chi connectivity index (χ4n) is 3.47. The first-order valence-corrected chi connectivity index (χ1v) is 10.7. The summed E-state index contributed by atoms with van der Waals surface area (Å²) in [5.74, 6) is 0.0786. The van der Waals surface area contributed by atoms with Crippen molar-refractivity contribution >= 4 is 39.9 Å². The molecule has 29 heavy (non-hydrogen) atoms. The number of nitrogens with one attached hydrogen (secondary N) is 3. The van der Waals surface area contributed by atoms with Crippen LogP contribution in [0.2, 0.25) is 0 Å². The summed E-state index contributed by atoms with van der Waals surface area (Å²) in [6.45, 7) is 3.94. The van der Waals surface area contributed by atoms with Crippen LogP contribution < -0.4 is 16.0 Å². The second-order valence-corrected chi connectivity index (χ2v) is 8.45. The quantitative estimate of drug-likeness (QED) is 0.593. The molecule has 1 heterocycles. The Hall–Kier alpha value is -2.74. The molecule has 3 N–H and O–H groups in total. The van der Waals surface area contributed by atoms with E-state index in [2.05, 4.69) is 20.9 Å². The van der Waals surface area contributed by atoms with E-state index in [1.165, 1.54) is 18.3 Å². The third kappa shape index (κ3) is 5.87. The molecule has 3 amide bonds. The van der Waals surface area contributed by atoms with E-state index in [0.29, 0.717) is 29.3 Å². The molecule has 0 atom stereocenters. The van der Waals surface area contributed by atoms with Crippen LogP contribution in [-0.4, -0.2) is 29.3 Å². The van der Waals surface area contributed by atoms with E-state index in [4.69, 9.17) is 0 Å². The number of benzene rings is 1. The van der Waals surface area contributed by atoms with Crippen molar-refractivity contribution in [1.82, 2.24) is 10.3 Å². The Morgan fingerprint density at radius 2 is 1.93 bits per heavy atom. The maximum atomic E-state index is 12.9. The van der Waals surface area contributed by atoms with Gasteiger partial charge in [0.1, 0.15) is 0 Å². The van der Waals surface area contributed by atoms with Gasteiger partial charge in [-0.15, -0.1) is 11.3 Å². The zero-order valence-corrected chi connectivity index (χ0v) is 17.5. The number of aryl methyl sites for hydroxylation is 1. The van der Waals surface area contributed by atoms with Crippen LogP contribution in [0, 0.1) is 12.8 Å². The second-order valence-electron chi connectivity index (χ2n) is 7.34. The van der Waals surface area contributed by atoms with Crippen LogP contribution >= 0.6 is 11.3 Å². The molecule has 154 valence electrons. The molecule has 1 aliphatic rings. The summed E-state index contributed by atoms with van der Waals surface area (Å²) < 4.78 is 0. The van der Waals surface area contributed by atoms with E-state index >= 15 is 0 Å². The Labute approximate surface area is 174 Å². The van der Waals surface area contributed by atoms with Gasteiger partial charge in [0.05, 0.1) is 5.69 Å². The normalized spacial score (nSPS) is 13.9. The van der Waals surface area contributed by atoms with E-state index in [0.717, 1.165) is 36.1 Å². The number of thiazole rings is 1. The molecule has 0 bridgehead atoms. The topological polar surface area (TPSA) is 100 Å². The summed E-state index contributed by atoms with van der Waals surface area (Å²) in [5.41, 5.74) is 2.08. The Morgan fingerprint density at radius 3 is 2.66 bits per heavy atom. The zero-order valence-electron chi connectivity index (χ0n) is 16.7. The van der Waals surface area contributed by atoms with Crippen LogP contribution in [0.3, 0.4) is 0 Å². The van der Waals surface area contributed by atoms with Crippen molar-refractivity contribution in [2.75, 3.05) is 17.2 Å². The fourth-order valence-corrected chi connectivity index (χ4v) is 4.28. The molecule has 0 spiro atoms. The molecule has 0 aliphatic heterocycles. The Bertz CT molecular complexity index is 903. The summed E-state index contributed by atoms with van der Waals surface area (Å²) in [4.78, 5) is 41.4. The Balaban J connectivity index is 1.63. The number of hydrogen-bond acceptors (Lipinski definition) is 5. The molecule has 0 unspecified atom stereocenters. The Morgan fingerprint density at radius 1 is 1.17 bits per heavy atom. The number of hydrogen-bond donors (Lipinski definition) is 3. The number of urea groups is 1. The number of nitrogens with zero attached hydrogens (tertiary/aromatic N) is 1. The molecule has 2 aromatic rings. The first-order valence-electron chi connectivity index (χ1n) is 9.84. The number of ketones is 1. The van der Waals surface area contributed by atoms with Crippen LogP contribution in [0.25, 0.3) is 0 Å². The molecular weight excluding hydrogens is 388 g/mol. The smallest absolute Gasteiger partial charge is 0.325 e. The van der Waals surface area contributed by atoms with E-state index in [1.54, 1.807) is 12.3 Å². The number of amides is 3. The molecule has 1 aromatic carbocycles. The average Bonchev–Trinajstić information content (AvgIpc) is 3.34. The van der Waals surface area contributed by atoms with Crippen molar-refractivity contribution in [3.05, 3.63) is 40.4 Å². The van der Waals surface area contributed by atoms with Crippen molar-refractivity contribution in [3.63, 3.8) is 0 Å². The summed E-state index contributed by atoms with van der Waals surface area (Å²) in [7, 11) is 0. The summed E-state index contributed by atoms with van der Waals surface area (Å²) in [6, 6.07) is 5.07. The highest BCUT2D eigenvalue weighted by molar-refractivity contribution is 7.15. The van der Waals surface area contributed by atoms with Crippen molar-refractivity contribution in [2.45, 2.75) is 46.0 Å². The van der Waals surface area contributed by atoms with Gasteiger partial charge in [0.2, 0.25) is 5.91 Å². The van der Waals surface area contributed by atoms with Crippen LogP contribution in [0.15, 0.2) is 24.4 Å². The molecular formula is C21H26N4O3S. The molecule has 0 saturated heterocycles. The lowest BCUT2D eigenvalue weighted by molar-refractivity contribution is -0.118. The van der Waals surface area contributed by atoms with Crippen molar-refractivity contribution < 1.29 is 14.4 Å². The maximum absolute atomic E-state index is 12.9. The number of anilines is 2. The third-order valence-corrected chi connectivity index (χ3v) is 5.91. The van der Waals surface area contributed by atoms with E-state index in [-0.39, 0.29) is 17.6 Å². The number of Topliss-reactive ketones (excluding diaryl/α,β-unsaturated/α-hetero) is 1. The lowest BCUT2D eigenvalue weighted by Gasteiger charge is -2.14. The van der Waals surface area contributed by atoms with Gasteiger partial charge in [-0.2, -0.15) is 0 Å². The van der Waals surface area contributed by atoms with Crippen LogP contribution in [0.4, 0.5) is 15.6 Å². The monoisotopic (exact) mass is 414 g/mol.